The number of esters is 1. The first-order valence-corrected chi connectivity index (χ1v) is 6.02. The highest BCUT2D eigenvalue weighted by molar-refractivity contribution is 5.84. The second kappa shape index (κ2) is 6.60. The van der Waals surface area contributed by atoms with Crippen LogP contribution in [0.5, 0.6) is 0 Å². The minimum Gasteiger partial charge on any atom is -0.461 e. The molecule has 0 amide bonds. The molecule has 0 aromatic rings. The van der Waals surface area contributed by atoms with E-state index in [0.29, 0.717) is 12.0 Å². The molecule has 0 saturated heterocycles. The van der Waals surface area contributed by atoms with Crippen molar-refractivity contribution in [2.24, 2.45) is 5.92 Å². The van der Waals surface area contributed by atoms with Gasteiger partial charge in [-0.05, 0) is 32.8 Å². The Morgan fingerprint density at radius 1 is 1.53 bits per heavy atom. The molecule has 0 heterocycles. The predicted molar refractivity (Wildman–Crippen MR) is 69.6 cm³/mol. The van der Waals surface area contributed by atoms with Crippen LogP contribution in [0.15, 0.2) is 24.8 Å². The van der Waals surface area contributed by atoms with Crippen LogP contribution in [0, 0.1) is 5.92 Å². The van der Waals surface area contributed by atoms with E-state index in [2.05, 4.69) is 13.2 Å². The molecule has 0 radical (unpaired) electrons. The highest BCUT2D eigenvalue weighted by Gasteiger charge is 2.44. The molecule has 3 nitrogen and oxygen atoms in total. The van der Waals surface area contributed by atoms with E-state index in [0.717, 1.165) is 6.42 Å². The molecular weight excluding hydrogens is 216 g/mol. The summed E-state index contributed by atoms with van der Waals surface area (Å²) in [6.07, 6.45) is 2.85. The molecule has 1 N–H and O–H groups in total. The molecule has 0 aromatic heterocycles. The number of carbonyl (C=O) groups is 1. The summed E-state index contributed by atoms with van der Waals surface area (Å²) in [5.74, 6) is -1.01. The summed E-state index contributed by atoms with van der Waals surface area (Å²) in [7, 11) is 0. The second-order valence-electron chi connectivity index (χ2n) is 4.63. The fraction of sp³-hybridized carbons (Fsp3) is 0.643. The Labute approximate surface area is 104 Å². The zero-order valence-electron chi connectivity index (χ0n) is 11.3. The molecule has 98 valence electrons. The van der Waals surface area contributed by atoms with Crippen molar-refractivity contribution in [3.8, 4) is 0 Å². The lowest BCUT2D eigenvalue weighted by Crippen LogP contribution is -2.48. The lowest BCUT2D eigenvalue weighted by molar-refractivity contribution is -0.169. The SMILES string of the molecule is C=C[C@@H](CCC)[C@](O)(C(=C)C)C(=O)OC(C)C. The Morgan fingerprint density at radius 3 is 2.35 bits per heavy atom. The van der Waals surface area contributed by atoms with E-state index in [1.165, 1.54) is 0 Å². The molecule has 0 bridgehead atoms. The third-order valence-corrected chi connectivity index (χ3v) is 2.73. The minimum absolute atomic E-state index is 0.263. The summed E-state index contributed by atoms with van der Waals surface area (Å²) in [5.41, 5.74) is -1.27. The van der Waals surface area contributed by atoms with Gasteiger partial charge in [0.25, 0.3) is 0 Å². The van der Waals surface area contributed by atoms with Crippen LogP contribution in [-0.2, 0) is 9.53 Å². The first-order valence-electron chi connectivity index (χ1n) is 6.02. The van der Waals surface area contributed by atoms with E-state index in [1.807, 2.05) is 6.92 Å². The molecule has 0 spiro atoms. The minimum atomic E-state index is -1.66. The van der Waals surface area contributed by atoms with E-state index in [9.17, 15) is 9.90 Å². The molecule has 3 heteroatoms. The lowest BCUT2D eigenvalue weighted by atomic mass is 9.79. The average Bonchev–Trinajstić information content (AvgIpc) is 2.23. The molecule has 0 rings (SSSR count). The molecule has 0 saturated carbocycles. The van der Waals surface area contributed by atoms with Gasteiger partial charge in [0, 0.05) is 5.92 Å². The zero-order valence-corrected chi connectivity index (χ0v) is 11.3. The Balaban J connectivity index is 5.20. The maximum atomic E-state index is 12.0. The van der Waals surface area contributed by atoms with Crippen LogP contribution in [0.1, 0.15) is 40.5 Å². The van der Waals surface area contributed by atoms with Gasteiger partial charge in [0.1, 0.15) is 0 Å². The fourth-order valence-corrected chi connectivity index (χ4v) is 1.75. The first-order chi connectivity index (χ1) is 7.80. The predicted octanol–water partition coefficient (Wildman–Crippen LogP) is 2.85. The van der Waals surface area contributed by atoms with Crippen LogP contribution in [0.2, 0.25) is 0 Å². The molecule has 2 atom stereocenters. The Morgan fingerprint density at radius 2 is 2.06 bits per heavy atom. The quantitative estimate of drug-likeness (QED) is 0.550. The maximum absolute atomic E-state index is 12.0. The van der Waals surface area contributed by atoms with Gasteiger partial charge >= 0.3 is 5.97 Å². The lowest BCUT2D eigenvalue weighted by Gasteiger charge is -2.33. The molecule has 0 fully saturated rings. The average molecular weight is 240 g/mol. The molecule has 0 aliphatic carbocycles. The molecule has 0 unspecified atom stereocenters. The third kappa shape index (κ3) is 3.70. The summed E-state index contributed by atoms with van der Waals surface area (Å²) in [5, 5.41) is 10.6. The molecule has 0 aromatic carbocycles. The van der Waals surface area contributed by atoms with Crippen LogP contribution < -0.4 is 0 Å². The molecule has 0 aliphatic heterocycles. The van der Waals surface area contributed by atoms with Crippen molar-refractivity contribution in [2.75, 3.05) is 0 Å². The van der Waals surface area contributed by atoms with Crippen LogP contribution in [0.4, 0.5) is 0 Å². The molecular formula is C14H24O3. The van der Waals surface area contributed by atoms with E-state index in [1.54, 1.807) is 26.8 Å². The van der Waals surface area contributed by atoms with Crippen molar-refractivity contribution in [2.45, 2.75) is 52.2 Å². The van der Waals surface area contributed by atoms with Crippen molar-refractivity contribution in [1.29, 1.82) is 0 Å². The van der Waals surface area contributed by atoms with Gasteiger partial charge in [-0.2, -0.15) is 0 Å². The van der Waals surface area contributed by atoms with Gasteiger partial charge in [-0.15, -0.1) is 6.58 Å². The third-order valence-electron chi connectivity index (χ3n) is 2.73. The van der Waals surface area contributed by atoms with E-state index < -0.39 is 11.6 Å². The smallest absolute Gasteiger partial charge is 0.343 e. The topological polar surface area (TPSA) is 46.5 Å². The van der Waals surface area contributed by atoms with Gasteiger partial charge in [0.15, 0.2) is 5.60 Å². The van der Waals surface area contributed by atoms with Crippen molar-refractivity contribution >= 4 is 5.97 Å². The standard InChI is InChI=1S/C14H24O3/c1-7-9-12(8-2)14(16,10(3)4)13(15)17-11(5)6/h8,11-12,16H,2-3,7,9H2,1,4-6H3/t12-,14+/m0/s1. The van der Waals surface area contributed by atoms with E-state index in [-0.39, 0.29) is 12.0 Å². The largest absolute Gasteiger partial charge is 0.461 e. The highest BCUT2D eigenvalue weighted by atomic mass is 16.6. The summed E-state index contributed by atoms with van der Waals surface area (Å²) >= 11 is 0. The van der Waals surface area contributed by atoms with Crippen molar-refractivity contribution in [3.63, 3.8) is 0 Å². The van der Waals surface area contributed by atoms with Crippen LogP contribution >= 0.6 is 0 Å². The van der Waals surface area contributed by atoms with Crippen molar-refractivity contribution in [3.05, 3.63) is 24.8 Å². The summed E-state index contributed by atoms with van der Waals surface area (Å²) in [6, 6.07) is 0. The van der Waals surface area contributed by atoms with Crippen LogP contribution in [-0.4, -0.2) is 22.8 Å². The monoisotopic (exact) mass is 240 g/mol. The van der Waals surface area contributed by atoms with Crippen LogP contribution in [0.25, 0.3) is 0 Å². The summed E-state index contributed by atoms with van der Waals surface area (Å²) in [6.45, 7) is 14.5. The summed E-state index contributed by atoms with van der Waals surface area (Å²) < 4.78 is 5.11. The van der Waals surface area contributed by atoms with Gasteiger partial charge in [-0.25, -0.2) is 4.79 Å². The normalized spacial score (nSPS) is 16.1. The van der Waals surface area contributed by atoms with Crippen molar-refractivity contribution in [1.82, 2.24) is 0 Å². The highest BCUT2D eigenvalue weighted by Crippen LogP contribution is 2.31. The first kappa shape index (κ1) is 15.9. The number of carbonyl (C=O) groups excluding carboxylic acids is 1. The number of rotatable bonds is 7. The Kier molecular flexibility index (Phi) is 6.18. The Hall–Kier alpha value is -1.09. The van der Waals surface area contributed by atoms with Gasteiger partial charge in [-0.3, -0.25) is 0 Å². The number of aliphatic hydroxyl groups is 1. The molecule has 17 heavy (non-hydrogen) atoms. The second-order valence-corrected chi connectivity index (χ2v) is 4.63. The molecule has 0 aliphatic rings. The van der Waals surface area contributed by atoms with Crippen molar-refractivity contribution < 1.29 is 14.6 Å². The van der Waals surface area contributed by atoms with Gasteiger partial charge < -0.3 is 9.84 Å². The van der Waals surface area contributed by atoms with E-state index >= 15 is 0 Å². The number of hydrogen-bond acceptors (Lipinski definition) is 3. The number of ether oxygens (including phenoxy) is 1. The van der Waals surface area contributed by atoms with Gasteiger partial charge in [-0.1, -0.05) is 26.0 Å². The number of hydrogen-bond donors (Lipinski definition) is 1. The maximum Gasteiger partial charge on any atom is 0.343 e. The van der Waals surface area contributed by atoms with Gasteiger partial charge in [0.2, 0.25) is 0 Å². The zero-order chi connectivity index (χ0) is 13.6. The summed E-state index contributed by atoms with van der Waals surface area (Å²) in [4.78, 5) is 12.0. The van der Waals surface area contributed by atoms with Crippen LogP contribution in [0.3, 0.4) is 0 Å². The van der Waals surface area contributed by atoms with Gasteiger partial charge in [0.05, 0.1) is 6.10 Å². The fourth-order valence-electron chi connectivity index (χ4n) is 1.75. The van der Waals surface area contributed by atoms with E-state index in [4.69, 9.17) is 4.74 Å². The Bertz CT molecular complexity index is 294.